The minimum atomic E-state index is -2.58. The molecule has 1 aromatic heterocycles. The zero-order valence-corrected chi connectivity index (χ0v) is 26.6. The van der Waals surface area contributed by atoms with Gasteiger partial charge < -0.3 is 33.7 Å². The number of ketones is 2. The van der Waals surface area contributed by atoms with Crippen molar-refractivity contribution in [2.75, 3.05) is 14.2 Å². The second-order valence-electron chi connectivity index (χ2n) is 12.7. The monoisotopic (exact) mass is 647 g/mol. The van der Waals surface area contributed by atoms with Crippen molar-refractivity contribution in [2.45, 2.75) is 50.6 Å². The minimum Gasteiger partial charge on any atom is -0.506 e. The highest BCUT2D eigenvalue weighted by atomic mass is 16.5. The molecular formula is C38H33NO9. The van der Waals surface area contributed by atoms with Crippen LogP contribution in [0.3, 0.4) is 0 Å². The van der Waals surface area contributed by atoms with Crippen LogP contribution < -0.4 is 14.2 Å². The Morgan fingerprint density at radius 1 is 0.854 bits per heavy atom. The van der Waals surface area contributed by atoms with Crippen LogP contribution in [-0.2, 0) is 30.8 Å². The fourth-order valence-corrected chi connectivity index (χ4v) is 7.88. The summed E-state index contributed by atoms with van der Waals surface area (Å²) in [5.41, 5.74) is 1.03. The molecule has 2 N–H and O–H groups in total. The quantitative estimate of drug-likeness (QED) is 0.192. The molecule has 8 rings (SSSR count). The third kappa shape index (κ3) is 4.22. The standard InChI is InChI=1S/C38H33NO9/c1-19-14-22-28-27(19)24(44-2)16-25(46-17-20-10-6-4-7-11-20)30(28)33(40)32-29(22)34(45-3)23-15-26-31(35(41)38(23,43)36(32)42)37(39-48-26)47-18-21-12-8-5-9-13-21/h4-13,16,19,23,34,40,43H,14-15,17-18H2,1-3H3. The number of methoxy groups -OCH3 is 2. The van der Waals surface area contributed by atoms with Crippen LogP contribution in [-0.4, -0.2) is 46.8 Å². The van der Waals surface area contributed by atoms with E-state index in [0.29, 0.717) is 28.9 Å². The van der Waals surface area contributed by atoms with Crippen LogP contribution in [0.15, 0.2) is 71.3 Å². The summed E-state index contributed by atoms with van der Waals surface area (Å²) in [6, 6.07) is 20.6. The van der Waals surface area contributed by atoms with Gasteiger partial charge in [0.25, 0.3) is 5.88 Å². The zero-order chi connectivity index (χ0) is 33.3. The number of rotatable bonds is 8. The van der Waals surface area contributed by atoms with Crippen molar-refractivity contribution >= 4 is 22.3 Å². The molecule has 0 amide bonds. The number of phenols is 1. The lowest BCUT2D eigenvalue weighted by molar-refractivity contribution is -0.0607. The van der Waals surface area contributed by atoms with Crippen molar-refractivity contribution in [3.8, 4) is 23.1 Å². The molecule has 48 heavy (non-hydrogen) atoms. The zero-order valence-electron chi connectivity index (χ0n) is 26.6. The van der Waals surface area contributed by atoms with E-state index in [0.717, 1.165) is 27.6 Å². The molecule has 0 spiro atoms. The molecule has 3 aliphatic rings. The van der Waals surface area contributed by atoms with E-state index in [2.05, 4.69) is 12.1 Å². The normalized spacial score (nSPS) is 22.3. The molecule has 4 unspecified atom stereocenters. The summed E-state index contributed by atoms with van der Waals surface area (Å²) in [5, 5.41) is 29.5. The Balaban J connectivity index is 1.28. The Morgan fingerprint density at radius 2 is 1.50 bits per heavy atom. The fraction of sp³-hybridized carbons (Fsp3) is 0.289. The molecule has 3 aliphatic carbocycles. The summed E-state index contributed by atoms with van der Waals surface area (Å²) in [5.74, 6) is -2.28. The highest BCUT2D eigenvalue weighted by Crippen LogP contribution is 2.59. The molecule has 0 bridgehead atoms. The molecule has 1 heterocycles. The maximum atomic E-state index is 14.7. The molecule has 10 nitrogen and oxygen atoms in total. The van der Waals surface area contributed by atoms with Crippen LogP contribution in [0.4, 0.5) is 0 Å². The van der Waals surface area contributed by atoms with Gasteiger partial charge in [-0.1, -0.05) is 67.6 Å². The molecule has 0 saturated heterocycles. The number of fused-ring (bicyclic) bond motifs is 4. The average molecular weight is 648 g/mol. The van der Waals surface area contributed by atoms with Gasteiger partial charge >= 0.3 is 0 Å². The number of carbonyl (C=O) groups is 2. The summed E-state index contributed by atoms with van der Waals surface area (Å²) in [6.07, 6.45) is -0.445. The molecule has 0 fully saturated rings. The van der Waals surface area contributed by atoms with Crippen molar-refractivity contribution in [3.05, 3.63) is 111 Å². The second kappa shape index (κ2) is 11.2. The van der Waals surface area contributed by atoms with E-state index < -0.39 is 29.2 Å². The van der Waals surface area contributed by atoms with Gasteiger partial charge in [0.2, 0.25) is 11.6 Å². The number of Topliss-reactive ketones (excluding diaryl/α,β-unsaturated/α-hetero) is 2. The largest absolute Gasteiger partial charge is 0.506 e. The van der Waals surface area contributed by atoms with E-state index in [1.807, 2.05) is 60.7 Å². The van der Waals surface area contributed by atoms with Crippen LogP contribution in [0.25, 0.3) is 10.8 Å². The SMILES string of the molecule is COc1cc(OCc2ccccc2)c2c(O)c3c(c4c2c1C(C)C4)C(OC)C1Cc2onc(OCc4ccccc4)c2C(=O)C1(O)C3=O. The Hall–Kier alpha value is -5.19. The number of phenolic OH excluding ortho intramolecular Hbond substituents is 1. The van der Waals surface area contributed by atoms with Crippen molar-refractivity contribution in [1.82, 2.24) is 5.16 Å². The number of ether oxygens (including phenoxy) is 4. The van der Waals surface area contributed by atoms with Crippen LogP contribution in [0.5, 0.6) is 23.1 Å². The first-order valence-electron chi connectivity index (χ1n) is 15.9. The Bertz CT molecular complexity index is 2110. The van der Waals surface area contributed by atoms with Gasteiger partial charge in [0, 0.05) is 31.1 Å². The van der Waals surface area contributed by atoms with Gasteiger partial charge in [-0.05, 0) is 45.1 Å². The number of benzene rings is 4. The highest BCUT2D eigenvalue weighted by Gasteiger charge is 2.64. The van der Waals surface area contributed by atoms with E-state index in [1.165, 1.54) is 7.11 Å². The molecule has 0 radical (unpaired) electrons. The molecule has 0 aliphatic heterocycles. The molecule has 0 saturated carbocycles. The summed E-state index contributed by atoms with van der Waals surface area (Å²) >= 11 is 0. The van der Waals surface area contributed by atoms with Crippen LogP contribution in [0.2, 0.25) is 0 Å². The van der Waals surface area contributed by atoms with Crippen LogP contribution in [0.1, 0.15) is 73.2 Å². The van der Waals surface area contributed by atoms with Gasteiger partial charge in [-0.2, -0.15) is 0 Å². The number of aliphatic hydroxyl groups is 1. The number of aromatic nitrogens is 1. The van der Waals surface area contributed by atoms with Crippen molar-refractivity contribution < 1.29 is 43.3 Å². The van der Waals surface area contributed by atoms with Crippen LogP contribution in [0, 0.1) is 5.92 Å². The molecular weight excluding hydrogens is 614 g/mol. The van der Waals surface area contributed by atoms with Gasteiger partial charge in [0.05, 0.1) is 24.2 Å². The van der Waals surface area contributed by atoms with E-state index in [1.54, 1.807) is 13.2 Å². The lowest BCUT2D eigenvalue weighted by Crippen LogP contribution is -2.60. The topological polar surface area (TPSA) is 138 Å². The average Bonchev–Trinajstić information content (AvgIpc) is 3.68. The molecule has 4 aromatic carbocycles. The summed E-state index contributed by atoms with van der Waals surface area (Å²) in [6.45, 7) is 2.34. The van der Waals surface area contributed by atoms with Crippen molar-refractivity contribution in [2.24, 2.45) is 5.92 Å². The molecule has 244 valence electrons. The highest BCUT2D eigenvalue weighted by molar-refractivity contribution is 6.27. The third-order valence-corrected chi connectivity index (χ3v) is 10.1. The van der Waals surface area contributed by atoms with E-state index >= 15 is 0 Å². The summed E-state index contributed by atoms with van der Waals surface area (Å²) in [4.78, 5) is 29.0. The second-order valence-corrected chi connectivity index (χ2v) is 12.7. The van der Waals surface area contributed by atoms with Gasteiger partial charge in [-0.25, -0.2) is 0 Å². The Kier molecular flexibility index (Phi) is 7.05. The first kappa shape index (κ1) is 30.2. The number of hydrogen-bond donors (Lipinski definition) is 2. The Morgan fingerprint density at radius 3 is 2.15 bits per heavy atom. The minimum absolute atomic E-state index is 0.0207. The first-order valence-corrected chi connectivity index (χ1v) is 15.9. The van der Waals surface area contributed by atoms with Crippen molar-refractivity contribution in [3.63, 3.8) is 0 Å². The first-order chi connectivity index (χ1) is 23.3. The lowest BCUT2D eigenvalue weighted by atomic mass is 9.61. The van der Waals surface area contributed by atoms with Gasteiger partial charge in [0.1, 0.15) is 36.0 Å². The fourth-order valence-electron chi connectivity index (χ4n) is 7.88. The maximum absolute atomic E-state index is 14.7. The number of hydrogen-bond acceptors (Lipinski definition) is 10. The molecule has 4 atom stereocenters. The number of nitrogens with zero attached hydrogens (tertiary/aromatic N) is 1. The Labute approximate surface area is 275 Å². The maximum Gasteiger partial charge on any atom is 0.265 e. The molecule has 5 aromatic rings. The predicted octanol–water partition coefficient (Wildman–Crippen LogP) is 6.03. The number of aromatic hydroxyl groups is 1. The number of carbonyl (C=O) groups excluding carboxylic acids is 2. The summed E-state index contributed by atoms with van der Waals surface area (Å²) < 4.78 is 29.6. The van der Waals surface area contributed by atoms with E-state index in [9.17, 15) is 19.8 Å². The van der Waals surface area contributed by atoms with Gasteiger partial charge in [-0.15, -0.1) is 0 Å². The smallest absolute Gasteiger partial charge is 0.265 e. The lowest BCUT2D eigenvalue weighted by Gasteiger charge is -2.45. The van der Waals surface area contributed by atoms with Crippen LogP contribution >= 0.6 is 0 Å². The van der Waals surface area contributed by atoms with Gasteiger partial charge in [0.15, 0.2) is 11.4 Å². The molecule has 10 heteroatoms. The summed E-state index contributed by atoms with van der Waals surface area (Å²) in [7, 11) is 3.05. The van der Waals surface area contributed by atoms with E-state index in [4.69, 9.17) is 23.5 Å². The van der Waals surface area contributed by atoms with Gasteiger partial charge in [-0.3, -0.25) is 9.59 Å². The van der Waals surface area contributed by atoms with Crippen molar-refractivity contribution in [1.29, 1.82) is 0 Å². The third-order valence-electron chi connectivity index (χ3n) is 10.1. The van der Waals surface area contributed by atoms with E-state index in [-0.39, 0.29) is 54.1 Å². The predicted molar refractivity (Wildman–Crippen MR) is 173 cm³/mol.